The monoisotopic (exact) mass is 256 g/mol. The molecule has 1 aromatic heterocycles. The van der Waals surface area contributed by atoms with Crippen molar-refractivity contribution in [1.29, 1.82) is 0 Å². The van der Waals surface area contributed by atoms with Crippen molar-refractivity contribution in [3.8, 4) is 0 Å². The third-order valence-corrected chi connectivity index (χ3v) is 2.57. The highest BCUT2D eigenvalue weighted by molar-refractivity contribution is 5.89. The van der Waals surface area contributed by atoms with Crippen LogP contribution in [-0.2, 0) is 0 Å². The first-order valence-corrected chi connectivity index (χ1v) is 5.92. The number of hydrogen-bond acceptors (Lipinski definition) is 5. The second-order valence-corrected chi connectivity index (χ2v) is 4.32. The van der Waals surface area contributed by atoms with Gasteiger partial charge in [0.2, 0.25) is 0 Å². The molecule has 1 heterocycles. The van der Waals surface area contributed by atoms with Crippen LogP contribution in [0.1, 0.15) is 30.9 Å². The zero-order chi connectivity index (χ0) is 13.7. The molecule has 6 heteroatoms. The van der Waals surface area contributed by atoms with Crippen molar-refractivity contribution in [2.75, 3.05) is 0 Å². The van der Waals surface area contributed by atoms with Gasteiger partial charge < -0.3 is 5.11 Å². The minimum absolute atomic E-state index is 0.0322. The zero-order valence-electron chi connectivity index (χ0n) is 10.7. The van der Waals surface area contributed by atoms with Gasteiger partial charge >= 0.3 is 0 Å². The Morgan fingerprint density at radius 1 is 1.32 bits per heavy atom. The van der Waals surface area contributed by atoms with E-state index in [0.717, 1.165) is 5.56 Å². The number of aromatic nitrogens is 4. The van der Waals surface area contributed by atoms with Gasteiger partial charge in [-0.05, 0) is 28.2 Å². The summed E-state index contributed by atoms with van der Waals surface area (Å²) in [7, 11) is 0. The predicted octanol–water partition coefficient (Wildman–Crippen LogP) is 1.43. The first-order valence-electron chi connectivity index (χ1n) is 5.92. The molecule has 0 bridgehead atoms. The molecule has 1 N–H and O–H groups in total. The van der Waals surface area contributed by atoms with Crippen molar-refractivity contribution in [2.45, 2.75) is 19.8 Å². The van der Waals surface area contributed by atoms with E-state index in [1.54, 1.807) is 6.08 Å². The second-order valence-electron chi connectivity index (χ2n) is 4.32. The highest BCUT2D eigenvalue weighted by Crippen LogP contribution is 2.15. The van der Waals surface area contributed by atoms with E-state index in [2.05, 4.69) is 39.5 Å². The first kappa shape index (κ1) is 12.9. The number of nitrogens with one attached hydrogen (secondary N) is 1. The second kappa shape index (κ2) is 5.90. The molecule has 0 aliphatic carbocycles. The van der Waals surface area contributed by atoms with Crippen molar-refractivity contribution < 1.29 is 5.11 Å². The van der Waals surface area contributed by atoms with E-state index in [1.165, 1.54) is 11.6 Å². The van der Waals surface area contributed by atoms with Gasteiger partial charge in [0.1, 0.15) is 0 Å². The van der Waals surface area contributed by atoms with Crippen LogP contribution in [-0.4, -0.2) is 26.5 Å². The Hall–Kier alpha value is -2.50. The molecule has 0 amide bonds. The summed E-state index contributed by atoms with van der Waals surface area (Å²) in [6.45, 7) is 4.27. The Kier molecular flexibility index (Phi) is 4.02. The Bertz CT molecular complexity index is 570. The Labute approximate surface area is 110 Å². The predicted molar refractivity (Wildman–Crippen MR) is 70.8 cm³/mol. The van der Waals surface area contributed by atoms with Crippen LogP contribution in [0.25, 0.3) is 6.08 Å². The lowest BCUT2D eigenvalue weighted by atomic mass is 10.0. The Balaban J connectivity index is 2.06. The molecule has 1 aromatic carbocycles. The molecule has 0 unspecified atom stereocenters. The van der Waals surface area contributed by atoms with E-state index < -0.39 is 5.90 Å². The summed E-state index contributed by atoms with van der Waals surface area (Å²) in [6.07, 6.45) is 3.08. The molecule has 0 fully saturated rings. The van der Waals surface area contributed by atoms with Crippen LogP contribution in [0.15, 0.2) is 35.3 Å². The van der Waals surface area contributed by atoms with Gasteiger partial charge in [0.25, 0.3) is 5.95 Å². The van der Waals surface area contributed by atoms with E-state index in [1.807, 2.05) is 24.3 Å². The van der Waals surface area contributed by atoms with Gasteiger partial charge in [-0.25, -0.2) is 4.99 Å². The minimum Gasteiger partial charge on any atom is -0.859 e. The van der Waals surface area contributed by atoms with Crippen LogP contribution in [0.2, 0.25) is 0 Å². The van der Waals surface area contributed by atoms with Crippen LogP contribution in [0.5, 0.6) is 0 Å². The molecule has 98 valence electrons. The van der Waals surface area contributed by atoms with Crippen LogP contribution >= 0.6 is 0 Å². The van der Waals surface area contributed by atoms with Crippen molar-refractivity contribution in [1.82, 2.24) is 20.6 Å². The first-order chi connectivity index (χ1) is 9.15. The van der Waals surface area contributed by atoms with E-state index in [-0.39, 0.29) is 5.95 Å². The van der Waals surface area contributed by atoms with Gasteiger partial charge in [-0.1, -0.05) is 55.4 Å². The smallest absolute Gasteiger partial charge is 0.288 e. The number of rotatable bonds is 4. The molecule has 0 saturated heterocycles. The zero-order valence-corrected chi connectivity index (χ0v) is 10.7. The maximum atomic E-state index is 11.5. The van der Waals surface area contributed by atoms with E-state index in [4.69, 9.17) is 0 Å². The summed E-state index contributed by atoms with van der Waals surface area (Å²) >= 11 is 0. The van der Waals surface area contributed by atoms with Crippen LogP contribution in [0, 0.1) is 0 Å². The largest absolute Gasteiger partial charge is 0.859 e. The fourth-order valence-corrected chi connectivity index (χ4v) is 1.50. The third kappa shape index (κ3) is 3.74. The van der Waals surface area contributed by atoms with Crippen molar-refractivity contribution in [2.24, 2.45) is 4.99 Å². The van der Waals surface area contributed by atoms with Crippen molar-refractivity contribution in [3.63, 3.8) is 0 Å². The van der Waals surface area contributed by atoms with E-state index in [0.29, 0.717) is 5.92 Å². The molecule has 0 spiro atoms. The number of benzene rings is 1. The fraction of sp³-hybridized carbons (Fsp3) is 0.231. The maximum absolute atomic E-state index is 11.5. The number of aromatic amines is 1. The normalized spacial score (nSPS) is 12.5. The summed E-state index contributed by atoms with van der Waals surface area (Å²) in [5.74, 6) is 0.104. The highest BCUT2D eigenvalue weighted by Gasteiger charge is 1.97. The molecule has 0 radical (unpaired) electrons. The molecule has 2 aromatic rings. The third-order valence-electron chi connectivity index (χ3n) is 2.57. The van der Waals surface area contributed by atoms with Gasteiger partial charge in [-0.3, -0.25) is 0 Å². The maximum Gasteiger partial charge on any atom is 0.288 e. The van der Waals surface area contributed by atoms with Crippen LogP contribution in [0.4, 0.5) is 5.95 Å². The number of aliphatic imine (C=N–C) groups is 1. The molecule has 19 heavy (non-hydrogen) atoms. The summed E-state index contributed by atoms with van der Waals surface area (Å²) in [5, 5.41) is 24.2. The molecule has 0 aliphatic rings. The van der Waals surface area contributed by atoms with Gasteiger partial charge in [0.05, 0.1) is 0 Å². The van der Waals surface area contributed by atoms with Crippen molar-refractivity contribution in [3.05, 3.63) is 41.5 Å². The van der Waals surface area contributed by atoms with Crippen molar-refractivity contribution >= 4 is 17.9 Å². The standard InChI is InChI=1S/C13H15N5O/c1-9(2)11-6-3-10(4-7-11)5-8-12(19)14-13-15-17-18-16-13/h3-9H,1-2H3,(H2,14,15,16,17,18,19)/p-1. The van der Waals surface area contributed by atoms with Crippen LogP contribution in [0.3, 0.4) is 0 Å². The molecule has 2 rings (SSSR count). The van der Waals surface area contributed by atoms with Gasteiger partial charge in [0.15, 0.2) is 0 Å². The lowest BCUT2D eigenvalue weighted by Crippen LogP contribution is -2.13. The topological polar surface area (TPSA) is 89.9 Å². The summed E-state index contributed by atoms with van der Waals surface area (Å²) < 4.78 is 0. The van der Waals surface area contributed by atoms with Gasteiger partial charge in [0, 0.05) is 0 Å². The minimum atomic E-state index is -0.422. The fourth-order valence-electron chi connectivity index (χ4n) is 1.50. The van der Waals surface area contributed by atoms with E-state index >= 15 is 0 Å². The lowest BCUT2D eigenvalue weighted by molar-refractivity contribution is -0.211. The Morgan fingerprint density at radius 2 is 2.05 bits per heavy atom. The lowest BCUT2D eigenvalue weighted by Gasteiger charge is -2.05. The number of nitrogens with zero attached hydrogens (tertiary/aromatic N) is 4. The summed E-state index contributed by atoms with van der Waals surface area (Å²) in [4.78, 5) is 3.64. The highest BCUT2D eigenvalue weighted by atomic mass is 16.3. The number of hydrogen-bond donors (Lipinski definition) is 1. The molecule has 0 atom stereocenters. The van der Waals surface area contributed by atoms with E-state index in [9.17, 15) is 5.11 Å². The Morgan fingerprint density at radius 3 is 2.63 bits per heavy atom. The van der Waals surface area contributed by atoms with Crippen LogP contribution < -0.4 is 5.11 Å². The summed E-state index contributed by atoms with van der Waals surface area (Å²) in [5.41, 5.74) is 2.21. The van der Waals surface area contributed by atoms with Gasteiger partial charge in [-0.15, -0.1) is 5.10 Å². The molecular weight excluding hydrogens is 242 g/mol. The SMILES string of the molecule is CC(C)c1ccc(C=CC([O-])=Nc2nn[nH]n2)cc1. The number of H-pyrrole nitrogens is 1. The quantitative estimate of drug-likeness (QED) is 0.661. The molecule has 6 nitrogen and oxygen atoms in total. The average molecular weight is 256 g/mol. The molecule has 0 saturated carbocycles. The van der Waals surface area contributed by atoms with Gasteiger partial charge in [-0.2, -0.15) is 5.21 Å². The molecular formula is C13H14N5O-. The molecule has 0 aliphatic heterocycles. The average Bonchev–Trinajstić information content (AvgIpc) is 2.89. The number of tetrazole rings is 1. The summed E-state index contributed by atoms with van der Waals surface area (Å²) in [6, 6.07) is 8.03.